The van der Waals surface area contributed by atoms with Crippen LogP contribution in [0.5, 0.6) is 5.75 Å². The van der Waals surface area contributed by atoms with E-state index in [1.165, 1.54) is 11.1 Å². The zero-order chi connectivity index (χ0) is 19.1. The second-order valence-corrected chi connectivity index (χ2v) is 7.48. The second kappa shape index (κ2) is 9.88. The van der Waals surface area contributed by atoms with Crippen LogP contribution in [0, 0.1) is 13.8 Å². The molecule has 1 fully saturated rings. The van der Waals surface area contributed by atoms with E-state index in [9.17, 15) is 5.11 Å². The molecule has 3 rings (SSSR count). The lowest BCUT2D eigenvalue weighted by molar-refractivity contribution is 0.0312. The summed E-state index contributed by atoms with van der Waals surface area (Å²) in [5.41, 5.74) is 3.58. The van der Waals surface area contributed by atoms with Crippen LogP contribution in [0.2, 0.25) is 0 Å². The Morgan fingerprint density at radius 2 is 1.96 bits per heavy atom. The van der Waals surface area contributed by atoms with Gasteiger partial charge in [-0.2, -0.15) is 0 Å². The van der Waals surface area contributed by atoms with E-state index < -0.39 is 6.10 Å². The van der Waals surface area contributed by atoms with Crippen molar-refractivity contribution in [1.82, 2.24) is 4.90 Å². The van der Waals surface area contributed by atoms with Gasteiger partial charge in [0.2, 0.25) is 0 Å². The summed E-state index contributed by atoms with van der Waals surface area (Å²) in [7, 11) is 0. The highest BCUT2D eigenvalue weighted by Crippen LogP contribution is 2.21. The highest BCUT2D eigenvalue weighted by molar-refractivity contribution is 5.38. The summed E-state index contributed by atoms with van der Waals surface area (Å²) in [4.78, 5) is 2.28. The molecule has 1 N–H and O–H groups in total. The Kier molecular flexibility index (Phi) is 7.27. The molecule has 27 heavy (non-hydrogen) atoms. The van der Waals surface area contributed by atoms with Gasteiger partial charge < -0.3 is 14.6 Å². The van der Waals surface area contributed by atoms with Crippen LogP contribution < -0.4 is 4.74 Å². The maximum atomic E-state index is 10.6. The fourth-order valence-electron chi connectivity index (χ4n) is 3.54. The van der Waals surface area contributed by atoms with Gasteiger partial charge in [0.15, 0.2) is 0 Å². The standard InChI is InChI=1S/C23H31NO3/c1-18-8-6-12-23(19(18)2)27-17-21(25)15-24(16-22-11-7-13-26-22)14-20-9-4-3-5-10-20/h3-6,8-10,12,21-22,25H,7,11,13-17H2,1-2H3. The molecule has 0 radical (unpaired) electrons. The molecular formula is C23H31NO3. The van der Waals surface area contributed by atoms with Crippen LogP contribution in [0.3, 0.4) is 0 Å². The van der Waals surface area contributed by atoms with Gasteiger partial charge in [-0.3, -0.25) is 4.90 Å². The van der Waals surface area contributed by atoms with Gasteiger partial charge in [-0.05, 0) is 49.4 Å². The lowest BCUT2D eigenvalue weighted by Crippen LogP contribution is -2.39. The number of benzene rings is 2. The lowest BCUT2D eigenvalue weighted by atomic mass is 10.1. The number of aliphatic hydroxyl groups excluding tert-OH is 1. The number of hydrogen-bond acceptors (Lipinski definition) is 4. The minimum atomic E-state index is -0.546. The smallest absolute Gasteiger partial charge is 0.122 e. The number of hydrogen-bond donors (Lipinski definition) is 1. The van der Waals surface area contributed by atoms with Gasteiger partial charge in [-0.1, -0.05) is 42.5 Å². The van der Waals surface area contributed by atoms with Gasteiger partial charge in [-0.15, -0.1) is 0 Å². The Labute approximate surface area is 162 Å². The SMILES string of the molecule is Cc1cccc(OCC(O)CN(Cc2ccccc2)CC2CCCO2)c1C. The van der Waals surface area contributed by atoms with Crippen molar-refractivity contribution in [1.29, 1.82) is 0 Å². The topological polar surface area (TPSA) is 41.9 Å². The molecule has 4 nitrogen and oxygen atoms in total. The van der Waals surface area contributed by atoms with Gasteiger partial charge in [0.1, 0.15) is 18.5 Å². The fourth-order valence-corrected chi connectivity index (χ4v) is 3.54. The molecule has 0 spiro atoms. The zero-order valence-electron chi connectivity index (χ0n) is 16.4. The minimum absolute atomic E-state index is 0.265. The summed E-state index contributed by atoms with van der Waals surface area (Å²) in [5, 5.41) is 10.6. The molecule has 0 aliphatic carbocycles. The van der Waals surface area contributed by atoms with E-state index in [1.54, 1.807) is 0 Å². The van der Waals surface area contributed by atoms with Gasteiger partial charge in [0.25, 0.3) is 0 Å². The Hall–Kier alpha value is -1.88. The van der Waals surface area contributed by atoms with Crippen molar-refractivity contribution in [2.24, 2.45) is 0 Å². The third kappa shape index (κ3) is 6.06. The molecule has 0 amide bonds. The van der Waals surface area contributed by atoms with E-state index >= 15 is 0 Å². The van der Waals surface area contributed by atoms with E-state index in [2.05, 4.69) is 49.1 Å². The molecule has 0 aromatic heterocycles. The van der Waals surface area contributed by atoms with Gasteiger partial charge >= 0.3 is 0 Å². The maximum absolute atomic E-state index is 10.6. The number of rotatable bonds is 9. The zero-order valence-corrected chi connectivity index (χ0v) is 16.4. The molecule has 2 atom stereocenters. The highest BCUT2D eigenvalue weighted by atomic mass is 16.5. The van der Waals surface area contributed by atoms with Gasteiger partial charge in [0, 0.05) is 26.2 Å². The number of aliphatic hydroxyl groups is 1. The first-order chi connectivity index (χ1) is 13.1. The first-order valence-corrected chi connectivity index (χ1v) is 9.87. The summed E-state index contributed by atoms with van der Waals surface area (Å²) in [6.07, 6.45) is 1.94. The number of ether oxygens (including phenoxy) is 2. The maximum Gasteiger partial charge on any atom is 0.122 e. The number of nitrogens with zero attached hydrogens (tertiary/aromatic N) is 1. The van der Waals surface area contributed by atoms with Crippen LogP contribution in [0.4, 0.5) is 0 Å². The van der Waals surface area contributed by atoms with E-state index in [0.29, 0.717) is 13.2 Å². The quantitative estimate of drug-likeness (QED) is 0.731. The largest absolute Gasteiger partial charge is 0.491 e. The van der Waals surface area contributed by atoms with Crippen molar-refractivity contribution in [3.63, 3.8) is 0 Å². The predicted molar refractivity (Wildman–Crippen MR) is 108 cm³/mol. The van der Waals surface area contributed by atoms with Crippen LogP contribution in [0.25, 0.3) is 0 Å². The van der Waals surface area contributed by atoms with Crippen molar-refractivity contribution < 1.29 is 14.6 Å². The molecule has 0 bridgehead atoms. The van der Waals surface area contributed by atoms with E-state index in [4.69, 9.17) is 9.47 Å². The molecule has 2 aromatic carbocycles. The summed E-state index contributed by atoms with van der Waals surface area (Å²) in [6.45, 7) is 7.48. The molecule has 1 aliphatic heterocycles. The van der Waals surface area contributed by atoms with Crippen molar-refractivity contribution in [2.75, 3.05) is 26.3 Å². The Morgan fingerprint density at radius 1 is 1.15 bits per heavy atom. The molecule has 1 aliphatic rings. The second-order valence-electron chi connectivity index (χ2n) is 7.48. The van der Waals surface area contributed by atoms with Crippen molar-refractivity contribution in [3.05, 3.63) is 65.2 Å². The summed E-state index contributed by atoms with van der Waals surface area (Å²) >= 11 is 0. The van der Waals surface area contributed by atoms with Gasteiger partial charge in [0.05, 0.1) is 6.10 Å². The van der Waals surface area contributed by atoms with Crippen molar-refractivity contribution in [2.45, 2.75) is 45.4 Å². The molecule has 4 heteroatoms. The lowest BCUT2D eigenvalue weighted by Gasteiger charge is -2.27. The van der Waals surface area contributed by atoms with Crippen molar-refractivity contribution >= 4 is 0 Å². The third-order valence-electron chi connectivity index (χ3n) is 5.19. The Balaban J connectivity index is 1.57. The molecule has 0 saturated carbocycles. The number of aryl methyl sites for hydroxylation is 1. The van der Waals surface area contributed by atoms with Crippen LogP contribution in [-0.4, -0.2) is 48.5 Å². The monoisotopic (exact) mass is 369 g/mol. The molecule has 2 unspecified atom stereocenters. The van der Waals surface area contributed by atoms with Crippen LogP contribution >= 0.6 is 0 Å². The predicted octanol–water partition coefficient (Wildman–Crippen LogP) is 3.72. The van der Waals surface area contributed by atoms with E-state index in [0.717, 1.165) is 43.9 Å². The average molecular weight is 370 g/mol. The van der Waals surface area contributed by atoms with Crippen LogP contribution in [0.1, 0.15) is 29.5 Å². The Bertz CT molecular complexity index is 698. The normalized spacial score (nSPS) is 18.0. The van der Waals surface area contributed by atoms with Gasteiger partial charge in [-0.25, -0.2) is 0 Å². The summed E-state index contributed by atoms with van der Waals surface area (Å²) in [6, 6.07) is 16.4. The molecule has 1 saturated heterocycles. The van der Waals surface area contributed by atoms with Crippen LogP contribution in [-0.2, 0) is 11.3 Å². The minimum Gasteiger partial charge on any atom is -0.491 e. The molecule has 2 aromatic rings. The Morgan fingerprint density at radius 3 is 2.70 bits per heavy atom. The van der Waals surface area contributed by atoms with Crippen LogP contribution in [0.15, 0.2) is 48.5 Å². The van der Waals surface area contributed by atoms with E-state index in [1.807, 2.05) is 18.2 Å². The third-order valence-corrected chi connectivity index (χ3v) is 5.19. The van der Waals surface area contributed by atoms with E-state index in [-0.39, 0.29) is 6.10 Å². The summed E-state index contributed by atoms with van der Waals surface area (Å²) < 4.78 is 11.7. The molecule has 146 valence electrons. The van der Waals surface area contributed by atoms with Crippen molar-refractivity contribution in [3.8, 4) is 5.75 Å². The first kappa shape index (κ1) is 19.9. The fraction of sp³-hybridized carbons (Fsp3) is 0.478. The molecule has 1 heterocycles. The average Bonchev–Trinajstić information content (AvgIpc) is 3.17. The summed E-state index contributed by atoms with van der Waals surface area (Å²) in [5.74, 6) is 0.850. The highest BCUT2D eigenvalue weighted by Gasteiger charge is 2.21. The first-order valence-electron chi connectivity index (χ1n) is 9.87. The molecular weight excluding hydrogens is 338 g/mol.